The molecule has 0 aliphatic rings. The van der Waals surface area contributed by atoms with Crippen LogP contribution in [0.2, 0.25) is 0 Å². The van der Waals surface area contributed by atoms with Gasteiger partial charge in [-0.15, -0.1) is 0 Å². The summed E-state index contributed by atoms with van der Waals surface area (Å²) < 4.78 is 4.69. The summed E-state index contributed by atoms with van der Waals surface area (Å²) >= 11 is 0. The van der Waals surface area contributed by atoms with Crippen LogP contribution >= 0.6 is 0 Å². The van der Waals surface area contributed by atoms with E-state index < -0.39 is 12.1 Å². The molecule has 4 heteroatoms. The predicted molar refractivity (Wildman–Crippen MR) is 55.4 cm³/mol. The van der Waals surface area contributed by atoms with Crippen molar-refractivity contribution >= 4 is 12.4 Å². The Hall–Kier alpha value is -1.84. The van der Waals surface area contributed by atoms with Gasteiger partial charge in [0.15, 0.2) is 0 Å². The van der Waals surface area contributed by atoms with E-state index in [1.807, 2.05) is 6.07 Å². The zero-order chi connectivity index (χ0) is 11.1. The Bertz CT molecular complexity index is 324. The zero-order valence-electron chi connectivity index (χ0n) is 8.47. The third-order valence-corrected chi connectivity index (χ3v) is 1.84. The smallest absolute Gasteiger partial charge is 0.407 e. The van der Waals surface area contributed by atoms with Crippen LogP contribution in [0.1, 0.15) is 18.5 Å². The third kappa shape index (κ3) is 3.42. The maximum absolute atomic E-state index is 11.1. The van der Waals surface area contributed by atoms with Crippen LogP contribution < -0.4 is 5.32 Å². The van der Waals surface area contributed by atoms with Gasteiger partial charge < -0.3 is 14.8 Å². The Balaban J connectivity index is 2.65. The van der Waals surface area contributed by atoms with Crippen molar-refractivity contribution in [2.24, 2.45) is 0 Å². The number of ether oxygens (including phenoxy) is 1. The van der Waals surface area contributed by atoms with E-state index in [9.17, 15) is 9.59 Å². The summed E-state index contributed by atoms with van der Waals surface area (Å²) in [5.74, 6) is 0. The van der Waals surface area contributed by atoms with Crippen LogP contribution in [-0.2, 0) is 9.53 Å². The second-order valence-corrected chi connectivity index (χ2v) is 2.89. The van der Waals surface area contributed by atoms with E-state index in [-0.39, 0.29) is 6.61 Å². The van der Waals surface area contributed by atoms with E-state index in [1.165, 1.54) is 0 Å². The van der Waals surface area contributed by atoms with Gasteiger partial charge in [0.1, 0.15) is 12.3 Å². The Morgan fingerprint density at radius 3 is 2.67 bits per heavy atom. The minimum absolute atomic E-state index is 0.284. The topological polar surface area (TPSA) is 55.4 Å². The molecule has 0 saturated carbocycles. The van der Waals surface area contributed by atoms with Crippen molar-refractivity contribution < 1.29 is 14.3 Å². The van der Waals surface area contributed by atoms with E-state index in [0.717, 1.165) is 5.56 Å². The molecule has 80 valence electrons. The van der Waals surface area contributed by atoms with Crippen LogP contribution in [0.5, 0.6) is 0 Å². The second-order valence-electron chi connectivity index (χ2n) is 2.89. The van der Waals surface area contributed by atoms with Crippen molar-refractivity contribution in [3.05, 3.63) is 35.9 Å². The van der Waals surface area contributed by atoms with Gasteiger partial charge in [0.2, 0.25) is 0 Å². The highest BCUT2D eigenvalue weighted by molar-refractivity contribution is 5.74. The van der Waals surface area contributed by atoms with Crippen molar-refractivity contribution in [2.75, 3.05) is 6.61 Å². The first-order chi connectivity index (χ1) is 7.27. The number of hydrogen-bond donors (Lipinski definition) is 1. The molecule has 0 aliphatic carbocycles. The van der Waals surface area contributed by atoms with Crippen LogP contribution in [0.15, 0.2) is 30.3 Å². The van der Waals surface area contributed by atoms with Gasteiger partial charge in [0, 0.05) is 0 Å². The molecule has 4 nitrogen and oxygen atoms in total. The molecule has 1 amide bonds. The van der Waals surface area contributed by atoms with Crippen molar-refractivity contribution in [3.63, 3.8) is 0 Å². The average molecular weight is 207 g/mol. The minimum Gasteiger partial charge on any atom is -0.450 e. The lowest BCUT2D eigenvalue weighted by molar-refractivity contribution is -0.109. The quantitative estimate of drug-likeness (QED) is 0.764. The van der Waals surface area contributed by atoms with Crippen molar-refractivity contribution in [1.29, 1.82) is 0 Å². The molecule has 15 heavy (non-hydrogen) atoms. The van der Waals surface area contributed by atoms with Gasteiger partial charge in [-0.05, 0) is 12.5 Å². The molecule has 0 bridgehead atoms. The highest BCUT2D eigenvalue weighted by atomic mass is 16.5. The lowest BCUT2D eigenvalue weighted by Gasteiger charge is -2.12. The summed E-state index contributed by atoms with van der Waals surface area (Å²) in [7, 11) is 0. The summed E-state index contributed by atoms with van der Waals surface area (Å²) in [6.45, 7) is 1.99. The van der Waals surface area contributed by atoms with Crippen LogP contribution in [-0.4, -0.2) is 19.0 Å². The lowest BCUT2D eigenvalue weighted by Crippen LogP contribution is -2.29. The van der Waals surface area contributed by atoms with E-state index in [4.69, 9.17) is 0 Å². The first kappa shape index (κ1) is 11.2. The first-order valence-electron chi connectivity index (χ1n) is 4.71. The third-order valence-electron chi connectivity index (χ3n) is 1.84. The molecular formula is C11H13NO3. The Morgan fingerprint density at radius 1 is 1.47 bits per heavy atom. The van der Waals surface area contributed by atoms with Crippen LogP contribution in [0, 0.1) is 0 Å². The van der Waals surface area contributed by atoms with Gasteiger partial charge in [-0.2, -0.15) is 0 Å². The number of rotatable bonds is 4. The molecule has 0 saturated heterocycles. The summed E-state index contributed by atoms with van der Waals surface area (Å²) in [6.07, 6.45) is 0.0881. The fourth-order valence-electron chi connectivity index (χ4n) is 1.16. The number of carbonyl (C=O) groups excluding carboxylic acids is 2. The molecule has 1 rings (SSSR count). The standard InChI is InChI=1S/C11H13NO3/c1-2-15-11(14)12-10(8-13)9-6-4-3-5-7-9/h3-8,10H,2H2,1H3,(H,12,14)/t10-/m0/s1. The molecule has 0 fully saturated rings. The van der Waals surface area contributed by atoms with E-state index in [0.29, 0.717) is 6.29 Å². The fraction of sp³-hybridized carbons (Fsp3) is 0.273. The molecule has 0 aliphatic heterocycles. The number of nitrogens with one attached hydrogen (secondary N) is 1. The van der Waals surface area contributed by atoms with Gasteiger partial charge in [-0.3, -0.25) is 0 Å². The first-order valence-corrected chi connectivity index (χ1v) is 4.71. The lowest BCUT2D eigenvalue weighted by atomic mass is 10.1. The average Bonchev–Trinajstić information content (AvgIpc) is 2.27. The summed E-state index contributed by atoms with van der Waals surface area (Å²) in [6, 6.07) is 8.34. The Kier molecular flexibility index (Phi) is 4.34. The Labute approximate surface area is 88.2 Å². The highest BCUT2D eigenvalue weighted by Crippen LogP contribution is 2.09. The SMILES string of the molecule is CCOC(=O)N[C@@H](C=O)c1ccccc1. The van der Waals surface area contributed by atoms with Crippen molar-refractivity contribution in [1.82, 2.24) is 5.32 Å². The number of hydrogen-bond acceptors (Lipinski definition) is 3. The van der Waals surface area contributed by atoms with Gasteiger partial charge in [-0.25, -0.2) is 4.79 Å². The summed E-state index contributed by atoms with van der Waals surface area (Å²) in [4.78, 5) is 21.9. The van der Waals surface area contributed by atoms with Crippen LogP contribution in [0.4, 0.5) is 4.79 Å². The normalized spacial score (nSPS) is 11.5. The van der Waals surface area contributed by atoms with E-state index in [1.54, 1.807) is 31.2 Å². The van der Waals surface area contributed by atoms with Crippen LogP contribution in [0.3, 0.4) is 0 Å². The number of amides is 1. The molecule has 0 unspecified atom stereocenters. The van der Waals surface area contributed by atoms with E-state index >= 15 is 0 Å². The fourth-order valence-corrected chi connectivity index (χ4v) is 1.16. The van der Waals surface area contributed by atoms with Gasteiger partial charge in [0.25, 0.3) is 0 Å². The molecule has 0 heterocycles. The number of alkyl carbamates (subject to hydrolysis) is 1. The summed E-state index contributed by atoms with van der Waals surface area (Å²) in [5, 5.41) is 2.45. The van der Waals surface area contributed by atoms with Crippen molar-refractivity contribution in [3.8, 4) is 0 Å². The minimum atomic E-state index is -0.648. The Morgan fingerprint density at radius 2 is 2.13 bits per heavy atom. The maximum Gasteiger partial charge on any atom is 0.407 e. The van der Waals surface area contributed by atoms with Crippen molar-refractivity contribution in [2.45, 2.75) is 13.0 Å². The van der Waals surface area contributed by atoms with Gasteiger partial charge in [-0.1, -0.05) is 30.3 Å². The monoisotopic (exact) mass is 207 g/mol. The largest absolute Gasteiger partial charge is 0.450 e. The number of aldehydes is 1. The molecule has 1 N–H and O–H groups in total. The van der Waals surface area contributed by atoms with Crippen LogP contribution in [0.25, 0.3) is 0 Å². The van der Waals surface area contributed by atoms with Gasteiger partial charge in [0.05, 0.1) is 6.61 Å². The zero-order valence-corrected chi connectivity index (χ0v) is 8.47. The molecule has 1 aromatic rings. The molecule has 0 radical (unpaired) electrons. The second kappa shape index (κ2) is 5.80. The predicted octanol–water partition coefficient (Wildman–Crippen LogP) is 1.67. The summed E-state index contributed by atoms with van der Waals surface area (Å²) in [5.41, 5.74) is 0.737. The van der Waals surface area contributed by atoms with Gasteiger partial charge >= 0.3 is 6.09 Å². The molecule has 1 aromatic carbocycles. The number of benzene rings is 1. The number of carbonyl (C=O) groups is 2. The maximum atomic E-state index is 11.1. The molecule has 0 spiro atoms. The highest BCUT2D eigenvalue weighted by Gasteiger charge is 2.13. The molecule has 0 aromatic heterocycles. The van der Waals surface area contributed by atoms with E-state index in [2.05, 4.69) is 10.1 Å². The molecular weight excluding hydrogens is 194 g/mol. The molecule has 1 atom stereocenters.